The van der Waals surface area contributed by atoms with Gasteiger partial charge in [-0.05, 0) is 12.3 Å². The molecule has 9 heteroatoms. The van der Waals surface area contributed by atoms with Gasteiger partial charge in [0.1, 0.15) is 0 Å². The molecule has 0 aromatic rings. The third-order valence-electron chi connectivity index (χ3n) is 0.129. The highest BCUT2D eigenvalue weighted by molar-refractivity contribution is 5.64. The predicted molar refractivity (Wildman–Crippen MR) is 25.2 cm³/mol. The smallest absolute Gasteiger partial charge is 0.339 e. The number of hydrogen-bond donors (Lipinski definition) is 1. The molecule has 0 saturated carbocycles. The zero-order valence-electron chi connectivity index (χ0n) is 6.21. The van der Waals surface area contributed by atoms with Gasteiger partial charge in [-0.1, -0.05) is 0 Å². The molecule has 9 nitrogen and oxygen atoms in total. The van der Waals surface area contributed by atoms with E-state index in [0.29, 0.717) is 0 Å². The largest absolute Gasteiger partial charge is 0.652 e. The van der Waals surface area contributed by atoms with Crippen molar-refractivity contribution in [3.05, 3.63) is 0 Å². The third kappa shape index (κ3) is 704000. The highest BCUT2D eigenvalue weighted by Gasteiger charge is 1.79. The van der Waals surface area contributed by atoms with Crippen LogP contribution in [0.25, 0.3) is 0 Å². The molecule has 0 bridgehead atoms. The standard InChI is InChI=1S/C2H4O3.2CH2O3/c1-2(3)5-4;2*2-1(3)4/h4H,1H3;2*(H2,2,3,4)/p-4. The Morgan fingerprint density at radius 3 is 1.08 bits per heavy atom. The minimum absolute atomic E-state index is 0.690. The zero-order chi connectivity index (χ0) is 11.4. The van der Waals surface area contributed by atoms with Gasteiger partial charge in [-0.3, -0.25) is 0 Å². The lowest BCUT2D eigenvalue weighted by molar-refractivity contribution is -0.417. The molecule has 1 N–H and O–H groups in total. The minimum atomic E-state index is -2.33. The van der Waals surface area contributed by atoms with Crippen molar-refractivity contribution in [2.24, 2.45) is 0 Å². The summed E-state index contributed by atoms with van der Waals surface area (Å²) in [7, 11) is 0. The zero-order valence-corrected chi connectivity index (χ0v) is 6.21. The van der Waals surface area contributed by atoms with Crippen LogP contribution in [0, 0.1) is 0 Å². The molecule has 0 rings (SSSR count). The Kier molecular flexibility index (Phi) is 16.7. The Balaban J connectivity index is -0.000000117. The fourth-order valence-electron chi connectivity index (χ4n) is 0. The van der Waals surface area contributed by atoms with Gasteiger partial charge in [0.15, 0.2) is 0 Å². The molecule has 78 valence electrons. The molecule has 0 amide bonds. The second kappa shape index (κ2) is 12.6. The molecular weight excluding hydrogens is 192 g/mol. The van der Waals surface area contributed by atoms with E-state index in [-0.39, 0.29) is 0 Å². The van der Waals surface area contributed by atoms with E-state index in [1.54, 1.807) is 0 Å². The number of carbonyl (C=O) groups excluding carboxylic acids is 3. The Labute approximate surface area is 71.3 Å². The van der Waals surface area contributed by atoms with Gasteiger partial charge in [0.25, 0.3) is 0 Å². The van der Waals surface area contributed by atoms with Crippen LogP contribution in [0.2, 0.25) is 0 Å². The number of carboxylic acid groups (broad SMARTS) is 4. The molecule has 0 aromatic heterocycles. The number of hydrogen-bond acceptors (Lipinski definition) is 9. The third-order valence-corrected chi connectivity index (χ3v) is 0.129. The summed E-state index contributed by atoms with van der Waals surface area (Å²) in [4.78, 5) is 29.1. The molecule has 0 aliphatic rings. The fourth-order valence-corrected chi connectivity index (χ4v) is 0. The lowest BCUT2D eigenvalue weighted by Gasteiger charge is -1.96. The van der Waals surface area contributed by atoms with Gasteiger partial charge in [-0.15, -0.1) is 0 Å². The Bertz CT molecular complexity index is 141. The monoisotopic (exact) mass is 196 g/mol. The molecule has 0 heterocycles. The highest BCUT2D eigenvalue weighted by atomic mass is 17.1. The predicted octanol–water partition coefficient (Wildman–Crippen LogP) is -4.87. The van der Waals surface area contributed by atoms with Gasteiger partial charge in [-0.25, -0.2) is 4.79 Å². The normalized spacial score (nSPS) is 6.31. The molecule has 0 atom stereocenters. The van der Waals surface area contributed by atoms with E-state index >= 15 is 0 Å². The van der Waals surface area contributed by atoms with Crippen molar-refractivity contribution in [1.82, 2.24) is 0 Å². The van der Waals surface area contributed by atoms with Crippen molar-refractivity contribution in [2.45, 2.75) is 6.92 Å². The SMILES string of the molecule is CC(=O)OO.O=C([O-])[O-].O=C([O-])[O-]. The van der Waals surface area contributed by atoms with Crippen LogP contribution in [-0.2, 0) is 9.68 Å². The molecule has 0 aliphatic heterocycles. The summed E-state index contributed by atoms with van der Waals surface area (Å²) >= 11 is 0. The van der Waals surface area contributed by atoms with Gasteiger partial charge >= 0.3 is 5.97 Å². The number of rotatable bonds is 0. The Morgan fingerprint density at radius 2 is 1.08 bits per heavy atom. The first-order valence-corrected chi connectivity index (χ1v) is 2.32. The van der Waals surface area contributed by atoms with Crippen LogP contribution >= 0.6 is 0 Å². The summed E-state index contributed by atoms with van der Waals surface area (Å²) in [6, 6.07) is 0. The summed E-state index contributed by atoms with van der Waals surface area (Å²) in [5.41, 5.74) is 0. The van der Waals surface area contributed by atoms with Crippen LogP contribution in [-0.4, -0.2) is 23.5 Å². The van der Waals surface area contributed by atoms with E-state index in [4.69, 9.17) is 35.3 Å². The summed E-state index contributed by atoms with van der Waals surface area (Å²) in [5, 5.41) is 40.6. The first-order valence-electron chi connectivity index (χ1n) is 2.32. The minimum Gasteiger partial charge on any atom is -0.652 e. The van der Waals surface area contributed by atoms with Gasteiger partial charge in [0, 0.05) is 6.92 Å². The van der Waals surface area contributed by atoms with Gasteiger partial charge in [-0.2, -0.15) is 5.26 Å². The van der Waals surface area contributed by atoms with E-state index in [1.807, 2.05) is 0 Å². The summed E-state index contributed by atoms with van der Waals surface area (Å²) in [6.45, 7) is 1.11. The summed E-state index contributed by atoms with van der Waals surface area (Å²) < 4.78 is 0. The van der Waals surface area contributed by atoms with Crippen molar-refractivity contribution < 1.29 is 45.0 Å². The molecular formula is C4H4O9-4. The topological polar surface area (TPSA) is 173 Å². The second-order valence-electron chi connectivity index (χ2n) is 1.08. The average molecular weight is 196 g/mol. The van der Waals surface area contributed by atoms with Crippen molar-refractivity contribution in [1.29, 1.82) is 0 Å². The quantitative estimate of drug-likeness (QED) is 0.294. The lowest BCUT2D eigenvalue weighted by Crippen LogP contribution is -2.37. The lowest BCUT2D eigenvalue weighted by atomic mass is 10.9. The van der Waals surface area contributed by atoms with Crippen LogP contribution in [0.5, 0.6) is 0 Å². The molecule has 13 heavy (non-hydrogen) atoms. The van der Waals surface area contributed by atoms with Gasteiger partial charge < -0.3 is 34.9 Å². The van der Waals surface area contributed by atoms with E-state index in [1.165, 1.54) is 0 Å². The fraction of sp³-hybridized carbons (Fsp3) is 0.250. The molecule has 0 aliphatic carbocycles. The molecule has 0 spiro atoms. The molecule has 0 saturated heterocycles. The van der Waals surface area contributed by atoms with Crippen molar-refractivity contribution >= 4 is 18.3 Å². The summed E-state index contributed by atoms with van der Waals surface area (Å²) in [6.07, 6.45) is -4.67. The molecule has 0 radical (unpaired) electrons. The molecule has 0 unspecified atom stereocenters. The van der Waals surface area contributed by atoms with Crippen molar-refractivity contribution in [3.8, 4) is 0 Å². The van der Waals surface area contributed by atoms with Crippen molar-refractivity contribution in [3.63, 3.8) is 0 Å². The molecule has 0 fully saturated rings. The highest BCUT2D eigenvalue weighted by Crippen LogP contribution is 1.59. The van der Waals surface area contributed by atoms with Crippen LogP contribution in [0.1, 0.15) is 6.92 Å². The maximum atomic E-state index is 9.34. The number of carbonyl (C=O) groups is 3. The maximum absolute atomic E-state index is 9.34. The van der Waals surface area contributed by atoms with E-state index in [0.717, 1.165) is 6.92 Å². The first kappa shape index (κ1) is 17.2. The maximum Gasteiger partial charge on any atom is 0.339 e. The average Bonchev–Trinajstić information content (AvgIpc) is 1.84. The van der Waals surface area contributed by atoms with E-state index in [9.17, 15) is 4.79 Å². The van der Waals surface area contributed by atoms with Crippen LogP contribution < -0.4 is 20.4 Å². The van der Waals surface area contributed by atoms with E-state index < -0.39 is 18.3 Å². The Hall–Kier alpha value is -2.03. The van der Waals surface area contributed by atoms with Crippen LogP contribution in [0.4, 0.5) is 9.59 Å². The second-order valence-corrected chi connectivity index (χ2v) is 1.08. The van der Waals surface area contributed by atoms with Crippen LogP contribution in [0.3, 0.4) is 0 Å². The van der Waals surface area contributed by atoms with Crippen molar-refractivity contribution in [2.75, 3.05) is 0 Å². The Morgan fingerprint density at radius 1 is 1.00 bits per heavy atom. The van der Waals surface area contributed by atoms with Crippen LogP contribution in [0.15, 0.2) is 0 Å². The molecule has 0 aromatic carbocycles. The first-order chi connectivity index (χ1) is 5.73. The summed E-state index contributed by atoms with van der Waals surface area (Å²) in [5.74, 6) is -0.690. The van der Waals surface area contributed by atoms with Gasteiger partial charge in [0.2, 0.25) is 0 Å². The van der Waals surface area contributed by atoms with E-state index in [2.05, 4.69) is 4.89 Å². The van der Waals surface area contributed by atoms with Gasteiger partial charge in [0.05, 0.1) is 0 Å².